The molecule has 0 aliphatic carbocycles. The fourth-order valence-electron chi connectivity index (χ4n) is 8.82. The van der Waals surface area contributed by atoms with Gasteiger partial charge in [0.05, 0.1) is 62.8 Å². The van der Waals surface area contributed by atoms with Gasteiger partial charge in [0.15, 0.2) is 11.6 Å². The number of ether oxygens (including phenoxy) is 2. The second kappa shape index (κ2) is 53.0. The molecule has 5 N–H and O–H groups in total. The number of aliphatic carboxylic acids is 1. The molecular weight excluding hydrogens is 1830 g/mol. The number of Topliss-reactive ketones (excluding diaryl/α,β-unsaturated/α-hetero) is 2. The summed E-state index contributed by atoms with van der Waals surface area (Å²) in [6, 6.07) is 12.6. The monoisotopic (exact) mass is 1920 g/mol. The van der Waals surface area contributed by atoms with Gasteiger partial charge in [-0.3, -0.25) is 39.3 Å². The summed E-state index contributed by atoms with van der Waals surface area (Å²) in [6.07, 6.45) is -12.8. The van der Waals surface area contributed by atoms with Gasteiger partial charge in [-0.15, -0.1) is 0 Å². The number of nitrogens with zero attached hydrogens (tertiary/aromatic N) is 6. The van der Waals surface area contributed by atoms with E-state index in [1.807, 2.05) is 41.5 Å². The Morgan fingerprint density at radius 1 is 0.482 bits per heavy atom. The summed E-state index contributed by atoms with van der Waals surface area (Å²) in [6.45, 7) is 33.5. The summed E-state index contributed by atoms with van der Waals surface area (Å²) in [5.74, 6) is -2.27. The van der Waals surface area contributed by atoms with Crippen LogP contribution >= 0.6 is 47.8 Å². The SMILES string of the molecule is C=C(OCC)c1ncccc1C(F)(F)F.C=[C](OCC)[Sn]([CH2]CCC)([CH2]CCC)[CH2]CCC.CC(=O)O.CC(=O)c1ncccc1C(F)(F)F.CC(C)(C)CC[C@H](O)c1ncccc1C(F)(F)F.CC(C)(C)N.FC(F)(F)c1cccnc1Br.O=C(CBr)c1ncccc1C(F)(F)F.O[C@@H](CBr)c1ncccc1C(F)(F)F. The second-order valence-corrected chi connectivity index (χ2v) is 41.1. The largest absolute Gasteiger partial charge is 0.481 e. The molecule has 0 aliphatic rings. The van der Waals surface area contributed by atoms with E-state index < -0.39 is 130 Å². The van der Waals surface area contributed by atoms with Crippen LogP contribution < -0.4 is 5.73 Å². The Morgan fingerprint density at radius 2 is 0.777 bits per heavy atom. The van der Waals surface area contributed by atoms with Gasteiger partial charge < -0.3 is 25.8 Å². The maximum atomic E-state index is 12.7. The number of nitrogens with two attached hydrogens (primary N) is 1. The molecule has 632 valence electrons. The van der Waals surface area contributed by atoms with Gasteiger partial charge in [-0.2, -0.15) is 79.0 Å². The Kier molecular flexibility index (Phi) is 52.0. The van der Waals surface area contributed by atoms with E-state index in [0.717, 1.165) is 81.4 Å². The molecule has 112 heavy (non-hydrogen) atoms. The van der Waals surface area contributed by atoms with Crippen molar-refractivity contribution in [3.05, 3.63) is 193 Å². The number of ketones is 2. The summed E-state index contributed by atoms with van der Waals surface area (Å²) < 4.78 is 239. The van der Waals surface area contributed by atoms with E-state index in [-0.39, 0.29) is 62.1 Å². The molecule has 6 heterocycles. The van der Waals surface area contributed by atoms with E-state index in [1.54, 1.807) is 6.92 Å². The fourth-order valence-corrected chi connectivity index (χ4v) is 24.5. The summed E-state index contributed by atoms with van der Waals surface area (Å²) in [5.41, 5.74) is -1.96. The number of hydrogen-bond donors (Lipinski definition) is 4. The van der Waals surface area contributed by atoms with Crippen LogP contribution in [-0.2, 0) is 51.3 Å². The maximum Gasteiger partial charge on any atom is 0.419 e. The molecule has 15 nitrogen and oxygen atoms in total. The van der Waals surface area contributed by atoms with E-state index in [1.165, 1.54) is 105 Å². The Hall–Kier alpha value is -6.35. The number of aliphatic hydroxyl groups excluding tert-OH is 2. The van der Waals surface area contributed by atoms with E-state index in [4.69, 9.17) is 25.1 Å². The van der Waals surface area contributed by atoms with Crippen molar-refractivity contribution in [1.29, 1.82) is 0 Å². The number of hydrogen-bond acceptors (Lipinski definition) is 14. The van der Waals surface area contributed by atoms with Gasteiger partial charge in [-0.05, 0) is 135 Å². The minimum absolute atomic E-state index is 0. The third kappa shape index (κ3) is 46.9. The van der Waals surface area contributed by atoms with Crippen LogP contribution in [0.25, 0.3) is 5.76 Å². The number of alkyl halides is 20. The molecule has 0 bridgehead atoms. The normalized spacial score (nSPS) is 12.1. The molecule has 0 aliphatic heterocycles. The summed E-state index contributed by atoms with van der Waals surface area (Å²) >= 11 is 6.15. The second-order valence-electron chi connectivity index (χ2n) is 26.0. The van der Waals surface area contributed by atoms with Gasteiger partial charge >= 0.3 is 157 Å². The van der Waals surface area contributed by atoms with Crippen LogP contribution in [0.15, 0.2) is 132 Å². The first-order valence-electron chi connectivity index (χ1n) is 34.3. The summed E-state index contributed by atoms with van der Waals surface area (Å²) in [7, 11) is 0. The predicted octanol–water partition coefficient (Wildman–Crippen LogP) is 24.2. The maximum absolute atomic E-state index is 12.7. The van der Waals surface area contributed by atoms with Gasteiger partial charge in [0, 0.05) is 61.9 Å². The Labute approximate surface area is 671 Å². The quantitative estimate of drug-likeness (QED) is 0.0117. The number of carbonyl (C=O) groups excluding carboxylic acids is 2. The van der Waals surface area contributed by atoms with E-state index >= 15 is 0 Å². The molecule has 2 atom stereocenters. The molecule has 0 spiro atoms. The molecular formula is C75H98Br3F18N7O8Sn. The van der Waals surface area contributed by atoms with Crippen molar-refractivity contribution in [1.82, 2.24) is 29.9 Å². The van der Waals surface area contributed by atoms with Crippen LogP contribution in [0.5, 0.6) is 0 Å². The third-order valence-electron chi connectivity index (χ3n) is 13.9. The molecule has 6 rings (SSSR count). The summed E-state index contributed by atoms with van der Waals surface area (Å²) in [5, 5.41) is 26.4. The molecule has 6 aromatic rings. The molecule has 0 radical (unpaired) electrons. The van der Waals surface area contributed by atoms with Crippen LogP contribution in [0.1, 0.15) is 225 Å². The van der Waals surface area contributed by atoms with Crippen molar-refractivity contribution in [3.63, 3.8) is 0 Å². The number of pyridine rings is 6. The van der Waals surface area contributed by atoms with E-state index in [2.05, 4.69) is 119 Å². The van der Waals surface area contributed by atoms with Gasteiger partial charge in [-0.25, -0.2) is 4.98 Å². The first-order chi connectivity index (χ1) is 51.3. The number of rotatable bonds is 23. The molecule has 0 unspecified atom stereocenters. The Balaban J connectivity index is -0.00000122. The average molecular weight is 1930 g/mol. The number of aromatic nitrogens is 6. The van der Waals surface area contributed by atoms with E-state index in [9.17, 15) is 98.8 Å². The van der Waals surface area contributed by atoms with Gasteiger partial charge in [0.25, 0.3) is 5.97 Å². The first-order valence-corrected chi connectivity index (χ1v) is 44.8. The molecule has 0 aromatic carbocycles. The first kappa shape index (κ1) is 110. The molecule has 0 fully saturated rings. The van der Waals surface area contributed by atoms with Crippen LogP contribution in [0.4, 0.5) is 79.0 Å². The van der Waals surface area contributed by atoms with Crippen molar-refractivity contribution in [2.45, 2.75) is 209 Å². The van der Waals surface area contributed by atoms with Gasteiger partial charge in [0.2, 0.25) is 0 Å². The number of unbranched alkanes of at least 4 members (excludes halogenated alkanes) is 3. The molecule has 0 saturated carbocycles. The van der Waals surface area contributed by atoms with Gasteiger partial charge in [0.1, 0.15) is 33.5 Å². The zero-order valence-corrected chi connectivity index (χ0v) is 71.8. The minimum Gasteiger partial charge on any atom is -0.481 e. The molecule has 0 saturated heterocycles. The molecule has 0 amide bonds. The smallest absolute Gasteiger partial charge is 0.419 e. The number of carbonyl (C=O) groups is 3. The van der Waals surface area contributed by atoms with Crippen molar-refractivity contribution < 1.29 is 118 Å². The zero-order valence-electron chi connectivity index (χ0n) is 64.1. The van der Waals surface area contributed by atoms with Crippen LogP contribution in [0.2, 0.25) is 13.3 Å². The Bertz CT molecular complexity index is 3690. The van der Waals surface area contributed by atoms with Crippen molar-refractivity contribution in [2.75, 3.05) is 23.9 Å². The molecule has 6 aromatic heterocycles. The van der Waals surface area contributed by atoms with Crippen LogP contribution in [-0.4, -0.2) is 111 Å². The third-order valence-corrected chi connectivity index (χ3v) is 30.6. The van der Waals surface area contributed by atoms with E-state index in [0.29, 0.717) is 6.42 Å². The average Bonchev–Trinajstić information content (AvgIpc) is 0.974. The Morgan fingerprint density at radius 3 is 1.06 bits per heavy atom. The standard InChI is InChI=1S/C13H18F3NO.C10H10F3NO.C8H7BrF3NO.C8H5BrF3NO.C8H6F3NO.C6H3BrF3N.C4H11N.C4H7O.3C4H9.C2H4O2.Sn/c1-12(2,3)7-6-10(18)11-9(13(14,15)16)5-4-8-17-11;1-3-15-7(2)9-8(10(11,12)13)5-4-6-14-9;2*9-4-6(14)7-5(8(10,11)12)2-1-3-13-7;1-5(13)7-6(8(9,10)11)3-2-4-12-7;7-5-4(6(8,9)10)2-1-3-11-5;1-4(2,3)5;1-3-5-4-2;3*1-3-4-2;1-2(3)4;/h4-5,8,10,18H,6-7H2,1-3H3;4-6H,2-3H2,1H3;1-3,6,14H,4H2;1-3H,4H2;2-4H,1H3;1-3H;5H2,1-3H3;1,4H2,2H3;3*1,3-4H2,2H3;1H3,(H,3,4);/t10-;;6-;;;;;;;;;;/m0.0........../s1. The van der Waals surface area contributed by atoms with Gasteiger partial charge in [-0.1, -0.05) is 59.2 Å². The fraction of sp³-hybridized carbons (Fsp3) is 0.507. The van der Waals surface area contributed by atoms with Crippen LogP contribution in [0, 0.1) is 5.41 Å². The number of carboxylic acid groups (broad SMARTS) is 1. The predicted molar refractivity (Wildman–Crippen MR) is 407 cm³/mol. The van der Waals surface area contributed by atoms with Crippen molar-refractivity contribution >= 4 is 89.5 Å². The minimum atomic E-state index is -4.54. The number of carboxylic acids is 1. The molecule has 37 heteroatoms. The number of halogens is 21. The number of aliphatic hydroxyl groups is 2. The van der Waals surface area contributed by atoms with Crippen LogP contribution in [0.3, 0.4) is 0 Å². The van der Waals surface area contributed by atoms with Crippen molar-refractivity contribution in [3.8, 4) is 0 Å². The van der Waals surface area contributed by atoms with Crippen molar-refractivity contribution in [2.24, 2.45) is 11.1 Å². The topological polar surface area (TPSA) is 234 Å². The zero-order chi connectivity index (χ0) is 87.5. The summed E-state index contributed by atoms with van der Waals surface area (Å²) in [4.78, 5) is 51.9.